The molecule has 0 N–H and O–H groups in total. The Bertz CT molecular complexity index is 205. The molecule has 0 heterocycles. The summed E-state index contributed by atoms with van der Waals surface area (Å²) in [5.41, 5.74) is 0. The van der Waals surface area contributed by atoms with Gasteiger partial charge >= 0.3 is 5.97 Å². The molecule has 0 aromatic rings. The Labute approximate surface area is 79.9 Å². The predicted octanol–water partition coefficient (Wildman–Crippen LogP) is 1.30. The van der Waals surface area contributed by atoms with E-state index in [9.17, 15) is 9.59 Å². The molecular weight excluding hydrogens is 196 g/mol. The number of methoxy groups -OCH3 is 1. The largest absolute Gasteiger partial charge is 0.463 e. The van der Waals surface area contributed by atoms with Crippen LogP contribution in [0.15, 0.2) is 10.3 Å². The average molecular weight is 206 g/mol. The molecule has 0 bridgehead atoms. The maximum atomic E-state index is 10.9. The summed E-state index contributed by atoms with van der Waals surface area (Å²) in [4.78, 5) is 21.6. The summed E-state index contributed by atoms with van der Waals surface area (Å²) in [5, 5.41) is 0. The number of rotatable bonds is 4. The lowest BCUT2D eigenvalue weighted by Gasteiger charge is -1.97. The summed E-state index contributed by atoms with van der Waals surface area (Å²) in [7, 11) is 1.19. The number of ketones is 1. The zero-order valence-corrected chi connectivity index (χ0v) is 8.75. The van der Waals surface area contributed by atoms with Crippen molar-refractivity contribution in [1.29, 1.82) is 0 Å². The number of carbonyl (C=O) groups is 2. The lowest BCUT2D eigenvalue weighted by atomic mass is 10.4. The number of carbonyl (C=O) groups excluding carboxylic acids is 2. The van der Waals surface area contributed by atoms with Crippen LogP contribution in [-0.4, -0.2) is 31.4 Å². The minimum Gasteiger partial charge on any atom is -0.463 e. The van der Waals surface area contributed by atoms with Gasteiger partial charge in [-0.15, -0.1) is 23.5 Å². The monoisotopic (exact) mass is 206 g/mol. The summed E-state index contributed by atoms with van der Waals surface area (Å²) < 4.78 is 5.05. The zero-order chi connectivity index (χ0) is 9.56. The van der Waals surface area contributed by atoms with E-state index in [4.69, 9.17) is 0 Å². The highest BCUT2D eigenvalue weighted by Crippen LogP contribution is 2.22. The van der Waals surface area contributed by atoms with E-state index in [2.05, 4.69) is 4.74 Å². The van der Waals surface area contributed by atoms with Crippen molar-refractivity contribution >= 4 is 35.3 Å². The molecule has 0 unspecified atom stereocenters. The Kier molecular flexibility index (Phi) is 5.92. The molecule has 0 aliphatic carbocycles. The number of hydrogen-bond donors (Lipinski definition) is 0. The lowest BCUT2D eigenvalue weighted by Crippen LogP contribution is -2.12. The van der Waals surface area contributed by atoms with E-state index in [1.54, 1.807) is 0 Å². The number of hydrogen-bond acceptors (Lipinski definition) is 5. The molecule has 0 rings (SSSR count). The third-order valence-corrected chi connectivity index (χ3v) is 3.08. The van der Waals surface area contributed by atoms with Gasteiger partial charge in [-0.1, -0.05) is 0 Å². The van der Waals surface area contributed by atoms with Gasteiger partial charge < -0.3 is 4.74 Å². The number of thioether (sulfide) groups is 2. The second kappa shape index (κ2) is 6.14. The van der Waals surface area contributed by atoms with Gasteiger partial charge in [-0.05, 0) is 12.5 Å². The SMILES string of the molecule is COC(=O)C(=O)C=C(SC)SC. The Morgan fingerprint density at radius 1 is 1.25 bits per heavy atom. The lowest BCUT2D eigenvalue weighted by molar-refractivity contribution is -0.149. The molecule has 0 aliphatic rings. The summed E-state index contributed by atoms with van der Waals surface area (Å²) in [5.74, 6) is -1.44. The van der Waals surface area contributed by atoms with Gasteiger partial charge in [-0.3, -0.25) is 4.79 Å². The van der Waals surface area contributed by atoms with Crippen molar-refractivity contribution in [3.63, 3.8) is 0 Å². The fourth-order valence-electron chi connectivity index (χ4n) is 0.468. The highest BCUT2D eigenvalue weighted by molar-refractivity contribution is 8.21. The van der Waals surface area contributed by atoms with Crippen molar-refractivity contribution in [1.82, 2.24) is 0 Å². The Morgan fingerprint density at radius 3 is 2.08 bits per heavy atom. The minimum absolute atomic E-state index is 0.615. The molecular formula is C7H10O3S2. The van der Waals surface area contributed by atoms with Crippen molar-refractivity contribution < 1.29 is 14.3 Å². The fraction of sp³-hybridized carbons (Fsp3) is 0.429. The van der Waals surface area contributed by atoms with Crippen molar-refractivity contribution in [2.24, 2.45) is 0 Å². The van der Waals surface area contributed by atoms with E-state index in [-0.39, 0.29) is 0 Å². The van der Waals surface area contributed by atoms with E-state index in [0.717, 1.165) is 4.24 Å². The molecule has 0 atom stereocenters. The van der Waals surface area contributed by atoms with E-state index in [1.807, 2.05) is 12.5 Å². The summed E-state index contributed by atoms with van der Waals surface area (Å²) in [6.07, 6.45) is 4.96. The van der Waals surface area contributed by atoms with Crippen molar-refractivity contribution in [3.05, 3.63) is 10.3 Å². The minimum atomic E-state index is -0.824. The molecule has 0 amide bonds. The van der Waals surface area contributed by atoms with Crippen molar-refractivity contribution in [2.75, 3.05) is 19.6 Å². The summed E-state index contributed by atoms with van der Waals surface area (Å²) in [6.45, 7) is 0. The smallest absolute Gasteiger partial charge is 0.378 e. The van der Waals surface area contributed by atoms with Gasteiger partial charge in [0.1, 0.15) is 0 Å². The van der Waals surface area contributed by atoms with Crippen molar-refractivity contribution in [3.8, 4) is 0 Å². The average Bonchev–Trinajstić information content (AvgIpc) is 2.12. The normalized spacial score (nSPS) is 8.92. The first-order valence-electron chi connectivity index (χ1n) is 3.07. The standard InChI is InChI=1S/C7H10O3S2/c1-10-7(9)5(8)4-6(11-2)12-3/h4H,1-3H3. The van der Waals surface area contributed by atoms with Crippen LogP contribution in [0.3, 0.4) is 0 Å². The van der Waals surface area contributed by atoms with Crippen LogP contribution in [0.1, 0.15) is 0 Å². The van der Waals surface area contributed by atoms with Crippen LogP contribution in [0.25, 0.3) is 0 Å². The molecule has 0 saturated carbocycles. The summed E-state index contributed by atoms with van der Waals surface area (Å²) >= 11 is 2.84. The molecule has 68 valence electrons. The van der Waals surface area contributed by atoms with Gasteiger partial charge in [0.2, 0.25) is 0 Å². The fourth-order valence-corrected chi connectivity index (χ4v) is 1.58. The molecule has 0 fully saturated rings. The van der Waals surface area contributed by atoms with Crippen LogP contribution in [0, 0.1) is 0 Å². The molecule has 12 heavy (non-hydrogen) atoms. The molecule has 0 radical (unpaired) electrons. The number of ether oxygens (including phenoxy) is 1. The predicted molar refractivity (Wildman–Crippen MR) is 52.1 cm³/mol. The first-order chi connectivity index (χ1) is 5.65. The van der Waals surface area contributed by atoms with Gasteiger partial charge in [0.15, 0.2) is 0 Å². The Hall–Kier alpha value is -0.420. The van der Waals surface area contributed by atoms with Gasteiger partial charge in [0, 0.05) is 10.3 Å². The third kappa shape index (κ3) is 3.82. The van der Waals surface area contributed by atoms with Gasteiger partial charge in [-0.2, -0.15) is 0 Å². The van der Waals surface area contributed by atoms with Crippen LogP contribution in [-0.2, 0) is 14.3 Å². The van der Waals surface area contributed by atoms with Crippen LogP contribution in [0.2, 0.25) is 0 Å². The van der Waals surface area contributed by atoms with E-state index >= 15 is 0 Å². The highest BCUT2D eigenvalue weighted by atomic mass is 32.2. The van der Waals surface area contributed by atoms with Crippen LogP contribution in [0.5, 0.6) is 0 Å². The zero-order valence-electron chi connectivity index (χ0n) is 7.12. The quantitative estimate of drug-likeness (QED) is 0.394. The molecule has 5 heteroatoms. The second-order valence-corrected chi connectivity index (χ2v) is 3.68. The van der Waals surface area contributed by atoms with Crippen molar-refractivity contribution in [2.45, 2.75) is 0 Å². The first kappa shape index (κ1) is 11.6. The molecule has 0 aromatic carbocycles. The molecule has 0 aliphatic heterocycles. The van der Waals surface area contributed by atoms with Crippen LogP contribution in [0.4, 0.5) is 0 Å². The topological polar surface area (TPSA) is 43.4 Å². The maximum Gasteiger partial charge on any atom is 0.378 e. The molecule has 3 nitrogen and oxygen atoms in total. The highest BCUT2D eigenvalue weighted by Gasteiger charge is 2.11. The molecule has 0 aromatic heterocycles. The Morgan fingerprint density at radius 2 is 1.75 bits per heavy atom. The van der Waals surface area contributed by atoms with Gasteiger partial charge in [0.25, 0.3) is 5.78 Å². The van der Waals surface area contributed by atoms with Crippen LogP contribution >= 0.6 is 23.5 Å². The third-order valence-electron chi connectivity index (χ3n) is 1.04. The van der Waals surface area contributed by atoms with Gasteiger partial charge in [-0.25, -0.2) is 4.79 Å². The first-order valence-corrected chi connectivity index (χ1v) is 5.52. The number of esters is 1. The van der Waals surface area contributed by atoms with E-state index < -0.39 is 11.8 Å². The van der Waals surface area contributed by atoms with Crippen LogP contribution < -0.4 is 0 Å². The Balaban J connectivity index is 4.30. The van der Waals surface area contributed by atoms with E-state index in [1.165, 1.54) is 36.7 Å². The summed E-state index contributed by atoms with van der Waals surface area (Å²) in [6, 6.07) is 0. The van der Waals surface area contributed by atoms with E-state index in [0.29, 0.717) is 0 Å². The second-order valence-electron chi connectivity index (χ2n) is 1.73. The molecule has 0 spiro atoms. The maximum absolute atomic E-state index is 10.9. The molecule has 0 saturated heterocycles. The van der Waals surface area contributed by atoms with Gasteiger partial charge in [0.05, 0.1) is 7.11 Å².